The molecule has 1 aromatic heterocycles. The fraction of sp³-hybridized carbons (Fsp3) is 0.556. The maximum Gasteiger partial charge on any atom is 0.330 e. The second-order valence-corrected chi connectivity index (χ2v) is 3.61. The monoisotopic (exact) mass is 228 g/mol. The molecule has 0 bridgehead atoms. The molecule has 0 aliphatic carbocycles. The predicted molar refractivity (Wildman–Crippen MR) is 52.9 cm³/mol. The lowest BCUT2D eigenvalue weighted by Gasteiger charge is -2.12. The molecule has 1 aromatic rings. The molecule has 2 heterocycles. The Bertz CT molecular complexity index is 451. The number of rotatable bonds is 2. The van der Waals surface area contributed by atoms with Gasteiger partial charge in [-0.25, -0.2) is 9.36 Å². The summed E-state index contributed by atoms with van der Waals surface area (Å²) in [7, 11) is 0. The second kappa shape index (κ2) is 4.20. The second-order valence-electron chi connectivity index (χ2n) is 3.61. The molecule has 3 atom stereocenters. The SMILES string of the molecule is O=c1cc[nH]c(=O)n1[C@H]1CC(O)C(CO)O1. The summed E-state index contributed by atoms with van der Waals surface area (Å²) >= 11 is 0. The van der Waals surface area contributed by atoms with Crippen LogP contribution in [0.3, 0.4) is 0 Å². The Morgan fingerprint density at radius 2 is 2.31 bits per heavy atom. The van der Waals surface area contributed by atoms with Gasteiger partial charge in [0.05, 0.1) is 12.7 Å². The molecule has 0 saturated carbocycles. The Balaban J connectivity index is 2.34. The number of aromatic amines is 1. The van der Waals surface area contributed by atoms with E-state index in [1.165, 1.54) is 12.3 Å². The van der Waals surface area contributed by atoms with E-state index in [1.54, 1.807) is 0 Å². The van der Waals surface area contributed by atoms with Gasteiger partial charge in [-0.05, 0) is 0 Å². The first kappa shape index (κ1) is 11.1. The quantitative estimate of drug-likeness (QED) is 0.552. The lowest BCUT2D eigenvalue weighted by molar-refractivity contribution is -0.0469. The van der Waals surface area contributed by atoms with Gasteiger partial charge in [0.1, 0.15) is 12.3 Å². The third-order valence-corrected chi connectivity index (χ3v) is 2.56. The van der Waals surface area contributed by atoms with Gasteiger partial charge in [0.2, 0.25) is 0 Å². The Morgan fingerprint density at radius 1 is 1.56 bits per heavy atom. The first-order valence-electron chi connectivity index (χ1n) is 4.88. The zero-order valence-corrected chi connectivity index (χ0v) is 8.37. The van der Waals surface area contributed by atoms with Crippen LogP contribution in [0.25, 0.3) is 0 Å². The molecule has 1 aliphatic rings. The number of aliphatic hydroxyl groups is 2. The minimum Gasteiger partial charge on any atom is -0.394 e. The van der Waals surface area contributed by atoms with E-state index in [0.29, 0.717) is 0 Å². The van der Waals surface area contributed by atoms with Crippen molar-refractivity contribution in [3.8, 4) is 0 Å². The summed E-state index contributed by atoms with van der Waals surface area (Å²) < 4.78 is 6.10. The molecule has 3 N–H and O–H groups in total. The first-order chi connectivity index (χ1) is 7.63. The first-order valence-corrected chi connectivity index (χ1v) is 4.88. The summed E-state index contributed by atoms with van der Waals surface area (Å²) in [5, 5.41) is 18.4. The van der Waals surface area contributed by atoms with Crippen molar-refractivity contribution in [3.63, 3.8) is 0 Å². The zero-order valence-electron chi connectivity index (χ0n) is 8.37. The van der Waals surface area contributed by atoms with Crippen LogP contribution < -0.4 is 11.2 Å². The summed E-state index contributed by atoms with van der Waals surface area (Å²) in [6.07, 6.45) is -1.10. The van der Waals surface area contributed by atoms with Crippen molar-refractivity contribution in [2.24, 2.45) is 0 Å². The maximum atomic E-state index is 11.4. The van der Waals surface area contributed by atoms with Gasteiger partial charge in [0.25, 0.3) is 5.56 Å². The highest BCUT2D eigenvalue weighted by Crippen LogP contribution is 2.26. The smallest absolute Gasteiger partial charge is 0.330 e. The van der Waals surface area contributed by atoms with Gasteiger partial charge >= 0.3 is 5.69 Å². The van der Waals surface area contributed by atoms with E-state index in [4.69, 9.17) is 9.84 Å². The molecule has 0 amide bonds. The van der Waals surface area contributed by atoms with Crippen molar-refractivity contribution >= 4 is 0 Å². The highest BCUT2D eigenvalue weighted by Gasteiger charge is 2.35. The van der Waals surface area contributed by atoms with E-state index in [2.05, 4.69) is 4.98 Å². The van der Waals surface area contributed by atoms with E-state index in [-0.39, 0.29) is 13.0 Å². The van der Waals surface area contributed by atoms with Crippen molar-refractivity contribution in [1.82, 2.24) is 9.55 Å². The molecule has 7 nitrogen and oxygen atoms in total. The van der Waals surface area contributed by atoms with E-state index in [0.717, 1.165) is 4.57 Å². The van der Waals surface area contributed by atoms with Crippen LogP contribution in [0.5, 0.6) is 0 Å². The average Bonchev–Trinajstić information content (AvgIpc) is 2.59. The van der Waals surface area contributed by atoms with Crippen LogP contribution in [0.1, 0.15) is 12.6 Å². The van der Waals surface area contributed by atoms with Crippen molar-refractivity contribution in [2.75, 3.05) is 6.61 Å². The molecule has 88 valence electrons. The van der Waals surface area contributed by atoms with Gasteiger partial charge in [-0.2, -0.15) is 0 Å². The molecular weight excluding hydrogens is 216 g/mol. The maximum absolute atomic E-state index is 11.4. The third kappa shape index (κ3) is 1.80. The van der Waals surface area contributed by atoms with Crippen LogP contribution >= 0.6 is 0 Å². The van der Waals surface area contributed by atoms with Crippen molar-refractivity contribution in [1.29, 1.82) is 0 Å². The average molecular weight is 228 g/mol. The lowest BCUT2D eigenvalue weighted by Crippen LogP contribution is -2.37. The van der Waals surface area contributed by atoms with Crippen molar-refractivity contribution in [3.05, 3.63) is 33.1 Å². The lowest BCUT2D eigenvalue weighted by atomic mass is 10.2. The van der Waals surface area contributed by atoms with Gasteiger partial charge in [0.15, 0.2) is 0 Å². The molecule has 2 unspecified atom stereocenters. The molecule has 1 aliphatic heterocycles. The molecule has 1 fully saturated rings. The highest BCUT2D eigenvalue weighted by atomic mass is 16.5. The number of nitrogens with one attached hydrogen (secondary N) is 1. The fourth-order valence-corrected chi connectivity index (χ4v) is 1.74. The van der Waals surface area contributed by atoms with Crippen LogP contribution in [0.15, 0.2) is 21.9 Å². The van der Waals surface area contributed by atoms with Crippen LogP contribution in [-0.4, -0.2) is 38.6 Å². The van der Waals surface area contributed by atoms with Crippen LogP contribution in [0.2, 0.25) is 0 Å². The molecule has 0 aromatic carbocycles. The van der Waals surface area contributed by atoms with Crippen LogP contribution in [0.4, 0.5) is 0 Å². The summed E-state index contributed by atoms with van der Waals surface area (Å²) in [5.41, 5.74) is -1.09. The predicted octanol–water partition coefficient (Wildman–Crippen LogP) is -1.82. The van der Waals surface area contributed by atoms with Gasteiger partial charge in [-0.1, -0.05) is 0 Å². The Kier molecular flexibility index (Phi) is 2.90. The van der Waals surface area contributed by atoms with Crippen LogP contribution in [0, 0.1) is 0 Å². The van der Waals surface area contributed by atoms with Gasteiger partial charge in [-0.3, -0.25) is 4.79 Å². The summed E-state index contributed by atoms with van der Waals surface area (Å²) in [6.45, 7) is -0.350. The van der Waals surface area contributed by atoms with E-state index >= 15 is 0 Å². The molecule has 16 heavy (non-hydrogen) atoms. The molecule has 1 saturated heterocycles. The van der Waals surface area contributed by atoms with Gasteiger partial charge in [0, 0.05) is 18.7 Å². The Labute approximate surface area is 89.9 Å². The summed E-state index contributed by atoms with van der Waals surface area (Å²) in [4.78, 5) is 25.2. The fourth-order valence-electron chi connectivity index (χ4n) is 1.74. The standard InChI is InChI=1S/C9H12N2O5/c12-4-6-5(13)3-8(16-6)11-7(14)1-2-10-9(11)15/h1-2,5-6,8,12-13H,3-4H2,(H,10,15)/t5?,6?,8-/m1/s1. The van der Waals surface area contributed by atoms with Crippen LogP contribution in [-0.2, 0) is 4.74 Å². The molecule has 0 spiro atoms. The number of ether oxygens (including phenoxy) is 1. The topological polar surface area (TPSA) is 105 Å². The minimum atomic E-state index is -0.874. The zero-order chi connectivity index (χ0) is 11.7. The summed E-state index contributed by atoms with van der Waals surface area (Å²) in [6, 6.07) is 1.20. The number of aliphatic hydroxyl groups excluding tert-OH is 2. The Hall–Kier alpha value is -1.44. The normalized spacial score (nSPS) is 29.5. The number of hydrogen-bond donors (Lipinski definition) is 3. The van der Waals surface area contributed by atoms with E-state index in [9.17, 15) is 14.7 Å². The van der Waals surface area contributed by atoms with Crippen molar-refractivity contribution < 1.29 is 14.9 Å². The molecule has 7 heteroatoms. The highest BCUT2D eigenvalue weighted by molar-refractivity contribution is 4.88. The van der Waals surface area contributed by atoms with Gasteiger partial charge in [-0.15, -0.1) is 0 Å². The largest absolute Gasteiger partial charge is 0.394 e. The van der Waals surface area contributed by atoms with E-state index < -0.39 is 29.7 Å². The van der Waals surface area contributed by atoms with E-state index in [1.807, 2.05) is 0 Å². The summed E-state index contributed by atoms with van der Waals surface area (Å²) in [5.74, 6) is 0. The number of H-pyrrole nitrogens is 1. The molecular formula is C9H12N2O5. The molecule has 2 rings (SSSR count). The third-order valence-electron chi connectivity index (χ3n) is 2.56. The Morgan fingerprint density at radius 3 is 2.88 bits per heavy atom. The van der Waals surface area contributed by atoms with Crippen molar-refractivity contribution in [2.45, 2.75) is 24.9 Å². The number of nitrogens with zero attached hydrogens (tertiary/aromatic N) is 1. The number of aromatic nitrogens is 2. The minimum absolute atomic E-state index is 0.109. The number of hydrogen-bond acceptors (Lipinski definition) is 5. The van der Waals surface area contributed by atoms with Gasteiger partial charge < -0.3 is 19.9 Å². The molecule has 0 radical (unpaired) electrons.